The van der Waals surface area contributed by atoms with Crippen molar-refractivity contribution in [3.63, 3.8) is 0 Å². The molecular weight excluding hydrogens is 418 g/mol. The summed E-state index contributed by atoms with van der Waals surface area (Å²) in [4.78, 5) is 16.8. The van der Waals surface area contributed by atoms with Gasteiger partial charge in [0.15, 0.2) is 0 Å². The number of sulfonamides is 1. The summed E-state index contributed by atoms with van der Waals surface area (Å²) >= 11 is 0. The van der Waals surface area contributed by atoms with E-state index in [0.29, 0.717) is 37.5 Å². The predicted octanol–water partition coefficient (Wildman–Crippen LogP) is 2.03. The molecule has 3 rings (SSSR count). The number of piperazine rings is 1. The Bertz CT molecular complexity index is 1020. The molecule has 0 spiro atoms. The number of rotatable bonds is 7. The second-order valence-electron chi connectivity index (χ2n) is 7.48. The molecule has 1 N–H and O–H groups in total. The Hall–Kier alpha value is -2.78. The van der Waals surface area contributed by atoms with Crippen LogP contribution in [-0.2, 0) is 14.8 Å². The average molecular weight is 448 g/mol. The molecule has 0 aromatic heterocycles. The monoisotopic (exact) mass is 447 g/mol. The summed E-state index contributed by atoms with van der Waals surface area (Å²) in [6.07, 6.45) is 0. The van der Waals surface area contributed by atoms with Crippen LogP contribution >= 0.6 is 0 Å². The molecule has 0 radical (unpaired) electrons. The number of nitrogens with zero attached hydrogens (tertiary/aromatic N) is 2. The summed E-state index contributed by atoms with van der Waals surface area (Å²) in [7, 11) is -0.665. The molecule has 0 bridgehead atoms. The largest absolute Gasteiger partial charge is 0.497 e. The summed E-state index contributed by atoms with van der Waals surface area (Å²) in [6, 6.07) is 11.5. The van der Waals surface area contributed by atoms with E-state index in [2.05, 4.69) is 9.62 Å². The van der Waals surface area contributed by atoms with Crippen LogP contribution in [0.25, 0.3) is 0 Å². The summed E-state index contributed by atoms with van der Waals surface area (Å²) in [6.45, 7) is 5.75. The zero-order valence-electron chi connectivity index (χ0n) is 18.3. The molecule has 8 nitrogen and oxygen atoms in total. The van der Waals surface area contributed by atoms with Crippen molar-refractivity contribution in [2.24, 2.45) is 0 Å². The first-order chi connectivity index (χ1) is 14.7. The first kappa shape index (κ1) is 22.9. The summed E-state index contributed by atoms with van der Waals surface area (Å²) in [5, 5.41) is 0. The van der Waals surface area contributed by atoms with Crippen LogP contribution in [0.2, 0.25) is 0 Å². The van der Waals surface area contributed by atoms with Crippen molar-refractivity contribution in [3.05, 3.63) is 48.0 Å². The predicted molar refractivity (Wildman–Crippen MR) is 119 cm³/mol. The SMILES string of the molecule is COc1ccc(N2CCN(C(=O)[C@@H](C)NS(=O)(=O)c3ccc(OC)c(C)c3)CC2)cc1. The van der Waals surface area contributed by atoms with Gasteiger partial charge in [0.1, 0.15) is 11.5 Å². The van der Waals surface area contributed by atoms with Crippen LogP contribution in [0.3, 0.4) is 0 Å². The quantitative estimate of drug-likeness (QED) is 0.699. The zero-order chi connectivity index (χ0) is 22.6. The van der Waals surface area contributed by atoms with Gasteiger partial charge in [-0.1, -0.05) is 0 Å². The molecule has 1 aliphatic heterocycles. The maximum atomic E-state index is 12.8. The van der Waals surface area contributed by atoms with Crippen LogP contribution in [0.5, 0.6) is 11.5 Å². The second-order valence-corrected chi connectivity index (χ2v) is 9.20. The number of hydrogen-bond acceptors (Lipinski definition) is 6. The Morgan fingerprint density at radius 1 is 1.00 bits per heavy atom. The lowest BCUT2D eigenvalue weighted by molar-refractivity contribution is -0.132. The van der Waals surface area contributed by atoms with Gasteiger partial charge in [-0.05, 0) is 61.9 Å². The molecule has 31 heavy (non-hydrogen) atoms. The number of benzene rings is 2. The van der Waals surface area contributed by atoms with Crippen molar-refractivity contribution < 1.29 is 22.7 Å². The molecule has 168 valence electrons. The van der Waals surface area contributed by atoms with E-state index in [1.54, 1.807) is 31.9 Å². The summed E-state index contributed by atoms with van der Waals surface area (Å²) in [5.74, 6) is 1.17. The summed E-state index contributed by atoms with van der Waals surface area (Å²) < 4.78 is 38.3. The van der Waals surface area contributed by atoms with Crippen molar-refractivity contribution in [1.82, 2.24) is 9.62 Å². The second kappa shape index (κ2) is 9.57. The molecule has 1 fully saturated rings. The first-order valence-corrected chi connectivity index (χ1v) is 11.6. The fourth-order valence-electron chi connectivity index (χ4n) is 3.62. The zero-order valence-corrected chi connectivity index (χ0v) is 19.1. The number of anilines is 1. The van der Waals surface area contributed by atoms with Gasteiger partial charge >= 0.3 is 0 Å². The Balaban J connectivity index is 1.59. The van der Waals surface area contributed by atoms with Gasteiger partial charge in [0.25, 0.3) is 0 Å². The van der Waals surface area contributed by atoms with Crippen LogP contribution in [0.1, 0.15) is 12.5 Å². The van der Waals surface area contributed by atoms with Gasteiger partial charge in [-0.3, -0.25) is 4.79 Å². The fraction of sp³-hybridized carbons (Fsp3) is 0.409. The Kier molecular flexibility index (Phi) is 7.07. The van der Waals surface area contributed by atoms with Gasteiger partial charge in [-0.15, -0.1) is 0 Å². The van der Waals surface area contributed by atoms with Gasteiger partial charge in [-0.25, -0.2) is 8.42 Å². The Morgan fingerprint density at radius 3 is 2.19 bits per heavy atom. The number of carbonyl (C=O) groups excluding carboxylic acids is 1. The van der Waals surface area contributed by atoms with Crippen LogP contribution in [0, 0.1) is 6.92 Å². The number of nitrogens with one attached hydrogen (secondary N) is 1. The number of hydrogen-bond donors (Lipinski definition) is 1. The number of methoxy groups -OCH3 is 2. The van der Waals surface area contributed by atoms with E-state index >= 15 is 0 Å². The van der Waals surface area contributed by atoms with Gasteiger partial charge in [0, 0.05) is 31.9 Å². The van der Waals surface area contributed by atoms with Crippen molar-refractivity contribution in [2.75, 3.05) is 45.3 Å². The molecule has 1 aliphatic rings. The molecule has 1 heterocycles. The lowest BCUT2D eigenvalue weighted by Gasteiger charge is -2.37. The molecule has 0 saturated carbocycles. The minimum absolute atomic E-state index is 0.106. The fourth-order valence-corrected chi connectivity index (χ4v) is 4.90. The highest BCUT2D eigenvalue weighted by Gasteiger charge is 2.28. The average Bonchev–Trinajstić information content (AvgIpc) is 2.78. The van der Waals surface area contributed by atoms with E-state index in [-0.39, 0.29) is 10.8 Å². The molecule has 1 saturated heterocycles. The Morgan fingerprint density at radius 2 is 1.65 bits per heavy atom. The van der Waals surface area contributed by atoms with E-state index in [9.17, 15) is 13.2 Å². The highest BCUT2D eigenvalue weighted by molar-refractivity contribution is 7.89. The molecule has 0 unspecified atom stereocenters. The van der Waals surface area contributed by atoms with Gasteiger partial charge in [0.05, 0.1) is 25.2 Å². The summed E-state index contributed by atoms with van der Waals surface area (Å²) in [5.41, 5.74) is 1.77. The maximum Gasteiger partial charge on any atom is 0.241 e. The highest BCUT2D eigenvalue weighted by Crippen LogP contribution is 2.22. The molecule has 9 heteroatoms. The third-order valence-corrected chi connectivity index (χ3v) is 6.95. The van der Waals surface area contributed by atoms with Crippen LogP contribution in [0.15, 0.2) is 47.4 Å². The molecule has 1 atom stereocenters. The molecular formula is C22H29N3O5S. The highest BCUT2D eigenvalue weighted by atomic mass is 32.2. The topological polar surface area (TPSA) is 88.2 Å². The normalized spacial score (nSPS) is 15.5. The lowest BCUT2D eigenvalue weighted by Crippen LogP contribution is -2.54. The van der Waals surface area contributed by atoms with Crippen LogP contribution in [0.4, 0.5) is 5.69 Å². The van der Waals surface area contributed by atoms with E-state index in [0.717, 1.165) is 11.4 Å². The van der Waals surface area contributed by atoms with Crippen molar-refractivity contribution >= 4 is 21.6 Å². The Labute approximate surface area is 183 Å². The minimum Gasteiger partial charge on any atom is -0.497 e. The van der Waals surface area contributed by atoms with Crippen molar-refractivity contribution in [1.29, 1.82) is 0 Å². The minimum atomic E-state index is -3.83. The standard InChI is InChI=1S/C22H29N3O5S/c1-16-15-20(9-10-21(16)30-4)31(27,28)23-17(2)22(26)25-13-11-24(12-14-25)18-5-7-19(29-3)8-6-18/h5-10,15,17,23H,11-14H2,1-4H3/t17-/m1/s1. The maximum absolute atomic E-state index is 12.8. The molecule has 1 amide bonds. The van der Waals surface area contributed by atoms with E-state index in [1.165, 1.54) is 19.2 Å². The molecule has 2 aromatic rings. The van der Waals surface area contributed by atoms with Gasteiger partial charge in [0.2, 0.25) is 15.9 Å². The number of aryl methyl sites for hydroxylation is 1. The van der Waals surface area contributed by atoms with E-state index in [4.69, 9.17) is 9.47 Å². The van der Waals surface area contributed by atoms with Crippen LogP contribution < -0.4 is 19.1 Å². The third-order valence-electron chi connectivity index (χ3n) is 5.41. The smallest absolute Gasteiger partial charge is 0.241 e. The number of ether oxygens (including phenoxy) is 2. The third kappa shape index (κ3) is 5.29. The van der Waals surface area contributed by atoms with Crippen molar-refractivity contribution in [2.45, 2.75) is 24.8 Å². The van der Waals surface area contributed by atoms with Gasteiger partial charge < -0.3 is 19.3 Å². The number of carbonyl (C=O) groups is 1. The molecule has 0 aliphatic carbocycles. The first-order valence-electron chi connectivity index (χ1n) is 10.1. The van der Waals surface area contributed by atoms with E-state index in [1.807, 2.05) is 24.3 Å². The number of amides is 1. The lowest BCUT2D eigenvalue weighted by atomic mass is 10.2. The van der Waals surface area contributed by atoms with Gasteiger partial charge in [-0.2, -0.15) is 4.72 Å². The van der Waals surface area contributed by atoms with E-state index < -0.39 is 16.1 Å². The van der Waals surface area contributed by atoms with Crippen LogP contribution in [-0.4, -0.2) is 65.7 Å². The van der Waals surface area contributed by atoms with Crippen molar-refractivity contribution in [3.8, 4) is 11.5 Å². The molecule has 2 aromatic carbocycles.